The second kappa shape index (κ2) is 18.2. The molecule has 1 atom stereocenters. The fraction of sp³-hybridized carbons (Fsp3) is 0.636. The second-order valence-electron chi connectivity index (χ2n) is 7.01. The van der Waals surface area contributed by atoms with Crippen LogP contribution in [0.25, 0.3) is 0 Å². The normalized spacial score (nSPS) is 11.8. The third kappa shape index (κ3) is 19.2. The van der Waals surface area contributed by atoms with Gasteiger partial charge in [-0.2, -0.15) is 0 Å². The molecule has 0 aliphatic carbocycles. The maximum atomic E-state index is 10.5. The number of para-hydroxylation sites is 1. The fourth-order valence-corrected chi connectivity index (χ4v) is 3.39. The standard InChI is InChI=1S/C22H34O5S.Na/c23-21(20-27-22-17-13-11-14-18-22)16-12-9-7-5-3-1-2-4-6-8-10-15-19-28(24,25)26;/h11,13-14,17-18,21,23H,1-10,15,19-20H2,(H,24,25,26);/q;+1/p-1/t21-;/m1./s1. The molecule has 1 N–H and O–H groups in total. The van der Waals surface area contributed by atoms with E-state index in [0.29, 0.717) is 6.42 Å². The second-order valence-corrected chi connectivity index (χ2v) is 8.53. The van der Waals surface area contributed by atoms with Crippen molar-refractivity contribution in [2.75, 3.05) is 12.4 Å². The molecule has 0 heterocycles. The zero-order chi connectivity index (χ0) is 20.5. The molecule has 0 spiro atoms. The van der Waals surface area contributed by atoms with Crippen molar-refractivity contribution in [3.05, 3.63) is 30.3 Å². The number of hydrogen-bond donors (Lipinski definition) is 1. The van der Waals surface area contributed by atoms with E-state index >= 15 is 0 Å². The van der Waals surface area contributed by atoms with Crippen LogP contribution in [0, 0.1) is 11.8 Å². The third-order valence-corrected chi connectivity index (χ3v) is 5.15. The van der Waals surface area contributed by atoms with Gasteiger partial charge in [-0.05, 0) is 25.0 Å². The molecule has 0 radical (unpaired) electrons. The maximum absolute atomic E-state index is 10.5. The molecule has 0 amide bonds. The van der Waals surface area contributed by atoms with E-state index in [2.05, 4.69) is 11.8 Å². The Morgan fingerprint density at radius 1 is 0.897 bits per heavy atom. The average Bonchev–Trinajstić information content (AvgIpc) is 2.66. The SMILES string of the molecule is O=S(=O)([O-])CCCCCCCCCCCCC#C[C@@H](O)COc1ccccc1.[Na+]. The van der Waals surface area contributed by atoms with Crippen molar-refractivity contribution in [2.45, 2.75) is 76.7 Å². The summed E-state index contributed by atoms with van der Waals surface area (Å²) >= 11 is 0. The smallest absolute Gasteiger partial charge is 0.748 e. The summed E-state index contributed by atoms with van der Waals surface area (Å²) in [7, 11) is -4.04. The van der Waals surface area contributed by atoms with Crippen LogP contribution in [0.3, 0.4) is 0 Å². The predicted molar refractivity (Wildman–Crippen MR) is 111 cm³/mol. The molecular weight excluding hydrogens is 399 g/mol. The van der Waals surface area contributed by atoms with Gasteiger partial charge in [0.05, 0.1) is 10.1 Å². The van der Waals surface area contributed by atoms with Crippen LogP contribution in [-0.2, 0) is 10.1 Å². The van der Waals surface area contributed by atoms with Crippen LogP contribution in [0.1, 0.15) is 70.6 Å². The molecule has 0 saturated carbocycles. The average molecular weight is 433 g/mol. The zero-order valence-electron chi connectivity index (χ0n) is 17.6. The van der Waals surface area contributed by atoms with Crippen LogP contribution in [0.2, 0.25) is 0 Å². The Balaban J connectivity index is 0.00000784. The third-order valence-electron chi connectivity index (χ3n) is 4.37. The van der Waals surface area contributed by atoms with Gasteiger partial charge in [0.2, 0.25) is 0 Å². The Kier molecular flexibility index (Phi) is 17.9. The van der Waals surface area contributed by atoms with Crippen molar-refractivity contribution in [1.29, 1.82) is 0 Å². The van der Waals surface area contributed by atoms with Gasteiger partial charge in [-0.15, -0.1) is 5.92 Å². The van der Waals surface area contributed by atoms with Crippen LogP contribution in [0.5, 0.6) is 5.75 Å². The number of unbranched alkanes of at least 4 members (excludes halogenated alkanes) is 10. The van der Waals surface area contributed by atoms with Crippen LogP contribution >= 0.6 is 0 Å². The van der Waals surface area contributed by atoms with Gasteiger partial charge < -0.3 is 14.4 Å². The first kappa shape index (κ1) is 28.5. The fourth-order valence-electron chi connectivity index (χ4n) is 2.83. The van der Waals surface area contributed by atoms with Gasteiger partial charge in [-0.3, -0.25) is 0 Å². The van der Waals surface area contributed by atoms with E-state index < -0.39 is 16.2 Å². The molecular formula is C22H33NaO5S. The van der Waals surface area contributed by atoms with Crippen molar-refractivity contribution in [3.63, 3.8) is 0 Å². The maximum Gasteiger partial charge on any atom is 1.00 e. The van der Waals surface area contributed by atoms with Gasteiger partial charge >= 0.3 is 29.6 Å². The van der Waals surface area contributed by atoms with Crippen molar-refractivity contribution in [1.82, 2.24) is 0 Å². The minimum Gasteiger partial charge on any atom is -0.748 e. The van der Waals surface area contributed by atoms with E-state index in [4.69, 9.17) is 4.74 Å². The Labute approximate surface area is 198 Å². The number of aliphatic hydroxyl groups is 1. The minimum absolute atomic E-state index is 0. The Bertz CT molecular complexity index is 667. The monoisotopic (exact) mass is 432 g/mol. The molecule has 1 rings (SSSR count). The van der Waals surface area contributed by atoms with Crippen LogP contribution in [0.15, 0.2) is 30.3 Å². The molecule has 7 heteroatoms. The molecule has 0 saturated heterocycles. The molecule has 0 aromatic heterocycles. The number of rotatable bonds is 15. The Morgan fingerprint density at radius 2 is 1.41 bits per heavy atom. The number of hydrogen-bond acceptors (Lipinski definition) is 5. The first-order valence-corrected chi connectivity index (χ1v) is 11.8. The molecule has 158 valence electrons. The van der Waals surface area contributed by atoms with Gasteiger partial charge in [-0.1, -0.05) is 75.5 Å². The summed E-state index contributed by atoms with van der Waals surface area (Å²) in [6, 6.07) is 9.39. The molecule has 1 aromatic rings. The van der Waals surface area contributed by atoms with Gasteiger partial charge in [0.1, 0.15) is 18.5 Å². The van der Waals surface area contributed by atoms with E-state index in [1.165, 1.54) is 19.3 Å². The van der Waals surface area contributed by atoms with Crippen molar-refractivity contribution in [2.24, 2.45) is 0 Å². The summed E-state index contributed by atoms with van der Waals surface area (Å²) in [6.45, 7) is 0.184. The minimum atomic E-state index is -4.04. The summed E-state index contributed by atoms with van der Waals surface area (Å²) in [5.74, 6) is 6.34. The molecule has 0 aliphatic rings. The van der Waals surface area contributed by atoms with E-state index in [1.807, 2.05) is 30.3 Å². The number of aliphatic hydroxyl groups excluding tert-OH is 1. The van der Waals surface area contributed by atoms with Crippen LogP contribution < -0.4 is 34.3 Å². The molecule has 0 unspecified atom stereocenters. The van der Waals surface area contributed by atoms with Gasteiger partial charge in [0.15, 0.2) is 0 Å². The summed E-state index contributed by atoms with van der Waals surface area (Å²) in [6.07, 6.45) is 10.4. The first-order chi connectivity index (χ1) is 13.5. The number of benzene rings is 1. The summed E-state index contributed by atoms with van der Waals surface area (Å²) in [4.78, 5) is 0. The van der Waals surface area contributed by atoms with Gasteiger partial charge in [0, 0.05) is 12.2 Å². The largest absolute Gasteiger partial charge is 1.00 e. The van der Waals surface area contributed by atoms with Gasteiger partial charge in [0.25, 0.3) is 0 Å². The number of ether oxygens (including phenoxy) is 1. The quantitative estimate of drug-likeness (QED) is 0.195. The zero-order valence-corrected chi connectivity index (χ0v) is 20.5. The van der Waals surface area contributed by atoms with E-state index in [-0.39, 0.29) is 41.9 Å². The molecule has 1 aromatic carbocycles. The summed E-state index contributed by atoms with van der Waals surface area (Å²) < 4.78 is 36.9. The van der Waals surface area contributed by atoms with Gasteiger partial charge in [-0.25, -0.2) is 8.42 Å². The van der Waals surface area contributed by atoms with Crippen molar-refractivity contribution >= 4 is 10.1 Å². The molecule has 5 nitrogen and oxygen atoms in total. The topological polar surface area (TPSA) is 86.7 Å². The van der Waals surface area contributed by atoms with E-state index in [9.17, 15) is 18.1 Å². The molecule has 0 bridgehead atoms. The summed E-state index contributed by atoms with van der Waals surface area (Å²) in [5, 5.41) is 9.78. The Hall–Kier alpha value is -0.550. The van der Waals surface area contributed by atoms with Crippen molar-refractivity contribution < 1.29 is 52.4 Å². The Morgan fingerprint density at radius 3 is 1.97 bits per heavy atom. The molecule has 0 fully saturated rings. The first-order valence-electron chi connectivity index (χ1n) is 10.3. The van der Waals surface area contributed by atoms with Crippen LogP contribution in [0.4, 0.5) is 0 Å². The predicted octanol–water partition coefficient (Wildman–Crippen LogP) is 1.27. The van der Waals surface area contributed by atoms with E-state index in [0.717, 1.165) is 50.7 Å². The summed E-state index contributed by atoms with van der Waals surface area (Å²) in [5.41, 5.74) is 0. The van der Waals surface area contributed by atoms with Crippen molar-refractivity contribution in [3.8, 4) is 17.6 Å². The molecule has 0 aliphatic heterocycles. The van der Waals surface area contributed by atoms with E-state index in [1.54, 1.807) is 0 Å². The van der Waals surface area contributed by atoms with Crippen LogP contribution in [-0.4, -0.2) is 36.5 Å². The molecule has 29 heavy (non-hydrogen) atoms.